The zero-order valence-corrected chi connectivity index (χ0v) is 11.8. The van der Waals surface area contributed by atoms with Gasteiger partial charge in [0.1, 0.15) is 0 Å². The van der Waals surface area contributed by atoms with Crippen LogP contribution in [0.25, 0.3) is 0 Å². The molecule has 1 heterocycles. The fourth-order valence-corrected chi connectivity index (χ4v) is 2.37. The molecular weight excluding hydrogens is 244 g/mol. The number of urea groups is 1. The highest BCUT2D eigenvalue weighted by Crippen LogP contribution is 2.38. The second-order valence-electron chi connectivity index (χ2n) is 5.20. The zero-order valence-electron chi connectivity index (χ0n) is 11.8. The molecule has 2 amide bonds. The molecule has 1 unspecified atom stereocenters. The largest absolute Gasteiger partial charge is 0.481 e. The molecule has 0 saturated carbocycles. The normalized spacial score (nSPS) is 22.0. The van der Waals surface area contributed by atoms with Crippen molar-refractivity contribution >= 4 is 12.0 Å². The van der Waals surface area contributed by atoms with Gasteiger partial charge in [0.05, 0.1) is 5.41 Å². The van der Waals surface area contributed by atoms with Crippen LogP contribution in [0, 0.1) is 23.2 Å². The van der Waals surface area contributed by atoms with Crippen LogP contribution in [0.3, 0.4) is 0 Å². The molecule has 0 bridgehead atoms. The van der Waals surface area contributed by atoms with Gasteiger partial charge in [-0.05, 0) is 19.3 Å². The standard InChI is InChI=1S/C14H22N2O3/c1-4-5-6-8-15-13(19)16-9-7-14(10-16,11(2)3)12(17)18/h11H,6-10H2,1-3H3,(H,15,19)(H,17,18). The molecule has 106 valence electrons. The van der Waals surface area contributed by atoms with E-state index in [9.17, 15) is 14.7 Å². The van der Waals surface area contributed by atoms with E-state index in [0.29, 0.717) is 25.9 Å². The summed E-state index contributed by atoms with van der Waals surface area (Å²) in [5.41, 5.74) is -0.805. The molecule has 19 heavy (non-hydrogen) atoms. The molecule has 5 nitrogen and oxygen atoms in total. The number of carbonyl (C=O) groups excluding carboxylic acids is 1. The number of carbonyl (C=O) groups is 2. The zero-order chi connectivity index (χ0) is 14.5. The van der Waals surface area contributed by atoms with Crippen molar-refractivity contribution < 1.29 is 14.7 Å². The van der Waals surface area contributed by atoms with E-state index in [4.69, 9.17) is 0 Å². The maximum absolute atomic E-state index is 11.9. The summed E-state index contributed by atoms with van der Waals surface area (Å²) in [5, 5.41) is 12.2. The molecule has 0 spiro atoms. The van der Waals surface area contributed by atoms with Crippen LogP contribution in [0.2, 0.25) is 0 Å². The Morgan fingerprint density at radius 1 is 1.47 bits per heavy atom. The lowest BCUT2D eigenvalue weighted by atomic mass is 9.76. The number of hydrogen-bond donors (Lipinski definition) is 2. The fourth-order valence-electron chi connectivity index (χ4n) is 2.37. The van der Waals surface area contributed by atoms with E-state index in [2.05, 4.69) is 17.2 Å². The van der Waals surface area contributed by atoms with Crippen LogP contribution in [-0.4, -0.2) is 41.6 Å². The molecule has 0 aromatic carbocycles. The SMILES string of the molecule is CC#CCCNC(=O)N1CCC(C(=O)O)(C(C)C)C1. The minimum atomic E-state index is -0.811. The number of carboxylic acid groups (broad SMARTS) is 1. The lowest BCUT2D eigenvalue weighted by Gasteiger charge is -2.28. The predicted molar refractivity (Wildman–Crippen MR) is 72.6 cm³/mol. The first-order valence-corrected chi connectivity index (χ1v) is 6.60. The monoisotopic (exact) mass is 266 g/mol. The van der Waals surface area contributed by atoms with Crippen LogP contribution in [0.4, 0.5) is 4.79 Å². The van der Waals surface area contributed by atoms with Gasteiger partial charge in [-0.2, -0.15) is 0 Å². The van der Waals surface area contributed by atoms with Gasteiger partial charge in [0.2, 0.25) is 0 Å². The highest BCUT2D eigenvalue weighted by molar-refractivity contribution is 5.80. The number of hydrogen-bond acceptors (Lipinski definition) is 2. The van der Waals surface area contributed by atoms with Gasteiger partial charge in [0.25, 0.3) is 0 Å². The van der Waals surface area contributed by atoms with Crippen molar-refractivity contribution in [2.75, 3.05) is 19.6 Å². The second kappa shape index (κ2) is 6.46. The molecule has 1 atom stereocenters. The van der Waals surface area contributed by atoms with Crippen molar-refractivity contribution in [3.63, 3.8) is 0 Å². The Labute approximate surface area is 114 Å². The Morgan fingerprint density at radius 3 is 2.63 bits per heavy atom. The van der Waals surface area contributed by atoms with Gasteiger partial charge in [0, 0.05) is 26.1 Å². The molecule has 1 rings (SSSR count). The molecule has 0 aromatic rings. The molecule has 0 radical (unpaired) electrons. The van der Waals surface area contributed by atoms with Crippen molar-refractivity contribution in [2.45, 2.75) is 33.6 Å². The third-order valence-corrected chi connectivity index (χ3v) is 3.82. The predicted octanol–water partition coefficient (Wildman–Crippen LogP) is 1.54. The molecular formula is C14H22N2O3. The van der Waals surface area contributed by atoms with Gasteiger partial charge in [-0.1, -0.05) is 13.8 Å². The highest BCUT2D eigenvalue weighted by Gasteiger charge is 2.48. The number of nitrogens with one attached hydrogen (secondary N) is 1. The van der Waals surface area contributed by atoms with Gasteiger partial charge >= 0.3 is 12.0 Å². The number of rotatable bonds is 4. The lowest BCUT2D eigenvalue weighted by molar-refractivity contribution is -0.150. The number of likely N-dealkylation sites (tertiary alicyclic amines) is 1. The van der Waals surface area contributed by atoms with Crippen molar-refractivity contribution in [1.82, 2.24) is 10.2 Å². The summed E-state index contributed by atoms with van der Waals surface area (Å²) in [4.78, 5) is 25.0. The summed E-state index contributed by atoms with van der Waals surface area (Å²) in [6.45, 7) is 6.82. The van der Waals surface area contributed by atoms with E-state index in [0.717, 1.165) is 0 Å². The van der Waals surface area contributed by atoms with E-state index in [1.54, 1.807) is 11.8 Å². The fraction of sp³-hybridized carbons (Fsp3) is 0.714. The average molecular weight is 266 g/mol. The van der Waals surface area contributed by atoms with E-state index in [1.165, 1.54) is 0 Å². The minimum Gasteiger partial charge on any atom is -0.481 e. The Morgan fingerprint density at radius 2 is 2.16 bits per heavy atom. The van der Waals surface area contributed by atoms with Gasteiger partial charge in [0.15, 0.2) is 0 Å². The van der Waals surface area contributed by atoms with E-state index >= 15 is 0 Å². The van der Waals surface area contributed by atoms with Crippen molar-refractivity contribution in [3.8, 4) is 11.8 Å². The lowest BCUT2D eigenvalue weighted by Crippen LogP contribution is -2.43. The van der Waals surface area contributed by atoms with Gasteiger partial charge in [-0.15, -0.1) is 11.8 Å². The molecule has 0 aliphatic carbocycles. The quantitative estimate of drug-likeness (QED) is 0.599. The van der Waals surface area contributed by atoms with Crippen LogP contribution in [0.15, 0.2) is 0 Å². The van der Waals surface area contributed by atoms with Crippen LogP contribution in [0.1, 0.15) is 33.6 Å². The summed E-state index contributed by atoms with van der Waals surface area (Å²) >= 11 is 0. The van der Waals surface area contributed by atoms with Crippen LogP contribution in [-0.2, 0) is 4.79 Å². The maximum Gasteiger partial charge on any atom is 0.317 e. The molecule has 1 aliphatic rings. The Bertz CT molecular complexity index is 409. The molecule has 1 fully saturated rings. The Hall–Kier alpha value is -1.70. The Kier molecular flexibility index (Phi) is 5.22. The first-order chi connectivity index (χ1) is 8.94. The molecule has 1 aliphatic heterocycles. The van der Waals surface area contributed by atoms with Gasteiger partial charge < -0.3 is 15.3 Å². The topological polar surface area (TPSA) is 69.6 Å². The first kappa shape index (κ1) is 15.4. The smallest absolute Gasteiger partial charge is 0.317 e. The molecule has 0 aromatic heterocycles. The molecule has 5 heteroatoms. The van der Waals surface area contributed by atoms with Crippen molar-refractivity contribution in [1.29, 1.82) is 0 Å². The number of carboxylic acids is 1. The maximum atomic E-state index is 11.9. The number of nitrogens with zero attached hydrogens (tertiary/aromatic N) is 1. The average Bonchev–Trinajstić information content (AvgIpc) is 2.81. The summed E-state index contributed by atoms with van der Waals surface area (Å²) < 4.78 is 0. The van der Waals surface area contributed by atoms with Crippen molar-refractivity contribution in [2.24, 2.45) is 11.3 Å². The van der Waals surface area contributed by atoms with Crippen LogP contribution >= 0.6 is 0 Å². The second-order valence-corrected chi connectivity index (χ2v) is 5.20. The van der Waals surface area contributed by atoms with Crippen LogP contribution < -0.4 is 5.32 Å². The first-order valence-electron chi connectivity index (χ1n) is 6.60. The summed E-state index contributed by atoms with van der Waals surface area (Å²) in [7, 11) is 0. The van der Waals surface area contributed by atoms with E-state index < -0.39 is 11.4 Å². The summed E-state index contributed by atoms with van der Waals surface area (Å²) in [5.74, 6) is 4.83. The van der Waals surface area contributed by atoms with Gasteiger partial charge in [-0.25, -0.2) is 4.79 Å². The Balaban J connectivity index is 2.56. The third kappa shape index (κ3) is 3.40. The minimum absolute atomic E-state index is 0.00811. The third-order valence-electron chi connectivity index (χ3n) is 3.82. The summed E-state index contributed by atoms with van der Waals surface area (Å²) in [6.07, 6.45) is 1.13. The number of amides is 2. The van der Waals surface area contributed by atoms with Crippen molar-refractivity contribution in [3.05, 3.63) is 0 Å². The number of aliphatic carboxylic acids is 1. The van der Waals surface area contributed by atoms with E-state index in [-0.39, 0.29) is 18.5 Å². The highest BCUT2D eigenvalue weighted by atomic mass is 16.4. The van der Waals surface area contributed by atoms with Crippen LogP contribution in [0.5, 0.6) is 0 Å². The molecule has 2 N–H and O–H groups in total. The molecule has 1 saturated heterocycles. The van der Waals surface area contributed by atoms with E-state index in [1.807, 2.05) is 13.8 Å². The van der Waals surface area contributed by atoms with Gasteiger partial charge in [-0.3, -0.25) is 4.79 Å². The summed E-state index contributed by atoms with van der Waals surface area (Å²) in [6, 6.07) is -0.193.